The highest BCUT2D eigenvalue weighted by Gasteiger charge is 2.23. The summed E-state index contributed by atoms with van der Waals surface area (Å²) in [6.07, 6.45) is 2.54. The van der Waals surface area contributed by atoms with E-state index in [0.29, 0.717) is 22.9 Å². The molecule has 0 saturated carbocycles. The van der Waals surface area contributed by atoms with E-state index in [-0.39, 0.29) is 6.61 Å². The van der Waals surface area contributed by atoms with Crippen LogP contribution in [-0.4, -0.2) is 32.3 Å². The summed E-state index contributed by atoms with van der Waals surface area (Å²) >= 11 is 0. The predicted molar refractivity (Wildman–Crippen MR) is 97.4 cm³/mol. The lowest BCUT2D eigenvalue weighted by molar-refractivity contribution is -0.143. The molecule has 0 saturated heterocycles. The molecule has 1 aromatic carbocycles. The third-order valence-corrected chi connectivity index (χ3v) is 4.89. The van der Waals surface area contributed by atoms with Crippen molar-refractivity contribution in [2.75, 3.05) is 17.1 Å². The molecule has 0 unspecified atom stereocenters. The van der Waals surface area contributed by atoms with Crippen LogP contribution in [0, 0.1) is 6.92 Å². The Morgan fingerprint density at radius 1 is 1.19 bits per heavy atom. The fourth-order valence-electron chi connectivity index (χ4n) is 2.46. The summed E-state index contributed by atoms with van der Waals surface area (Å²) in [5, 5.41) is 3.80. The van der Waals surface area contributed by atoms with Gasteiger partial charge in [0.15, 0.2) is 5.76 Å². The Bertz CT molecular complexity index is 1020. The normalized spacial score (nSPS) is 11.3. The monoisotopic (exact) mass is 390 g/mol. The minimum Gasteiger partial charge on any atom is -0.461 e. The number of rotatable bonds is 7. The maximum Gasteiger partial charge on any atom is 0.327 e. The Balaban J connectivity index is 1.66. The van der Waals surface area contributed by atoms with Crippen molar-refractivity contribution in [3.63, 3.8) is 0 Å². The average molecular weight is 390 g/mol. The second-order valence-electron chi connectivity index (χ2n) is 5.88. The number of sulfonamides is 1. The second-order valence-corrected chi connectivity index (χ2v) is 7.78. The van der Waals surface area contributed by atoms with Crippen molar-refractivity contribution in [3.8, 4) is 11.5 Å². The molecule has 0 aliphatic heterocycles. The van der Waals surface area contributed by atoms with Gasteiger partial charge in [0.2, 0.25) is 15.8 Å². The summed E-state index contributed by atoms with van der Waals surface area (Å²) in [5.41, 5.74) is 1.55. The van der Waals surface area contributed by atoms with E-state index in [0.717, 1.165) is 16.1 Å². The number of esters is 1. The van der Waals surface area contributed by atoms with Gasteiger partial charge in [-0.25, -0.2) is 8.42 Å². The Kier molecular flexibility index (Phi) is 5.31. The number of hydrogen-bond donors (Lipinski definition) is 0. The predicted octanol–water partition coefficient (Wildman–Crippen LogP) is 2.75. The van der Waals surface area contributed by atoms with E-state index in [1.165, 1.54) is 6.26 Å². The largest absolute Gasteiger partial charge is 0.461 e. The number of aryl methyl sites for hydroxylation is 1. The second kappa shape index (κ2) is 7.67. The first-order valence-electron chi connectivity index (χ1n) is 8.03. The molecule has 0 aliphatic carbocycles. The summed E-state index contributed by atoms with van der Waals surface area (Å²) in [6.45, 7) is 1.19. The van der Waals surface area contributed by atoms with Crippen LogP contribution in [0.5, 0.6) is 0 Å². The first kappa shape index (κ1) is 18.7. The number of ether oxygens (including phenoxy) is 1. The van der Waals surface area contributed by atoms with Gasteiger partial charge in [0.25, 0.3) is 0 Å². The molecule has 0 N–H and O–H groups in total. The Morgan fingerprint density at radius 3 is 2.63 bits per heavy atom. The fourth-order valence-corrected chi connectivity index (χ4v) is 3.36. The SMILES string of the molecule is Cc1ccccc1N(CC(=O)OCc1cc(-c2ccco2)on1)S(C)(=O)=O. The van der Waals surface area contributed by atoms with Gasteiger partial charge in [0.1, 0.15) is 18.8 Å². The molecule has 27 heavy (non-hydrogen) atoms. The van der Waals surface area contributed by atoms with E-state index in [1.807, 2.05) is 0 Å². The fraction of sp³-hybridized carbons (Fsp3) is 0.222. The molecule has 0 fully saturated rings. The third-order valence-electron chi connectivity index (χ3n) is 3.76. The molecule has 0 atom stereocenters. The number of benzene rings is 1. The van der Waals surface area contributed by atoms with Crippen molar-refractivity contribution in [1.29, 1.82) is 0 Å². The van der Waals surface area contributed by atoms with Crippen LogP contribution >= 0.6 is 0 Å². The molecule has 2 heterocycles. The molecule has 3 aromatic rings. The third kappa shape index (κ3) is 4.56. The van der Waals surface area contributed by atoms with Crippen LogP contribution < -0.4 is 4.31 Å². The lowest BCUT2D eigenvalue weighted by Crippen LogP contribution is -2.36. The first-order chi connectivity index (χ1) is 12.8. The minimum absolute atomic E-state index is 0.144. The minimum atomic E-state index is -3.66. The number of carbonyl (C=O) groups is 1. The summed E-state index contributed by atoms with van der Waals surface area (Å²) in [6, 6.07) is 11.9. The van der Waals surface area contributed by atoms with E-state index in [1.54, 1.807) is 49.4 Å². The summed E-state index contributed by atoms with van der Waals surface area (Å²) in [7, 11) is -3.66. The molecule has 0 bridgehead atoms. The van der Waals surface area contributed by atoms with Crippen molar-refractivity contribution >= 4 is 21.7 Å². The molecule has 0 spiro atoms. The molecular weight excluding hydrogens is 372 g/mol. The van der Waals surface area contributed by atoms with Crippen LogP contribution in [-0.2, 0) is 26.2 Å². The molecule has 0 aliphatic rings. The van der Waals surface area contributed by atoms with Crippen LogP contribution in [0.3, 0.4) is 0 Å². The summed E-state index contributed by atoms with van der Waals surface area (Å²) in [5.74, 6) is 0.206. The molecule has 8 nitrogen and oxygen atoms in total. The van der Waals surface area contributed by atoms with E-state index >= 15 is 0 Å². The number of aromatic nitrogens is 1. The average Bonchev–Trinajstić information content (AvgIpc) is 3.29. The highest BCUT2D eigenvalue weighted by Crippen LogP contribution is 2.23. The van der Waals surface area contributed by atoms with Gasteiger partial charge in [-0.05, 0) is 30.7 Å². The van der Waals surface area contributed by atoms with Gasteiger partial charge >= 0.3 is 5.97 Å². The van der Waals surface area contributed by atoms with E-state index in [9.17, 15) is 13.2 Å². The van der Waals surface area contributed by atoms with Crippen LogP contribution in [0.2, 0.25) is 0 Å². The molecule has 142 valence electrons. The zero-order valence-electron chi connectivity index (χ0n) is 14.8. The van der Waals surface area contributed by atoms with Crippen LogP contribution in [0.25, 0.3) is 11.5 Å². The highest BCUT2D eigenvalue weighted by atomic mass is 32.2. The number of anilines is 1. The van der Waals surface area contributed by atoms with Crippen LogP contribution in [0.1, 0.15) is 11.3 Å². The molecule has 9 heteroatoms. The zero-order valence-corrected chi connectivity index (χ0v) is 15.6. The van der Waals surface area contributed by atoms with Crippen molar-refractivity contribution in [3.05, 3.63) is 60.0 Å². The van der Waals surface area contributed by atoms with Gasteiger partial charge in [-0.3, -0.25) is 9.10 Å². The quantitative estimate of drug-likeness (QED) is 0.572. The van der Waals surface area contributed by atoms with Gasteiger partial charge in [0, 0.05) is 6.07 Å². The maximum atomic E-state index is 12.2. The van der Waals surface area contributed by atoms with Crippen molar-refractivity contribution in [2.45, 2.75) is 13.5 Å². The van der Waals surface area contributed by atoms with Crippen LogP contribution in [0.4, 0.5) is 5.69 Å². The Hall–Kier alpha value is -3.07. The van der Waals surface area contributed by atoms with Crippen molar-refractivity contribution in [1.82, 2.24) is 5.16 Å². The van der Waals surface area contributed by atoms with Gasteiger partial charge in [-0.15, -0.1) is 0 Å². The number of furan rings is 1. The lowest BCUT2D eigenvalue weighted by atomic mass is 10.2. The lowest BCUT2D eigenvalue weighted by Gasteiger charge is -2.23. The van der Waals surface area contributed by atoms with E-state index in [2.05, 4.69) is 5.16 Å². The topological polar surface area (TPSA) is 103 Å². The molecule has 0 amide bonds. The maximum absolute atomic E-state index is 12.2. The Labute approximate surface area is 156 Å². The standard InChI is InChI=1S/C18H18N2O6S/c1-13-6-3-4-7-15(13)20(27(2,22)23)11-18(21)25-12-14-10-17(26-19-14)16-8-5-9-24-16/h3-10H,11-12H2,1-2H3. The van der Waals surface area contributed by atoms with Gasteiger partial charge in [-0.2, -0.15) is 0 Å². The summed E-state index contributed by atoms with van der Waals surface area (Å²) < 4.78 is 40.7. The number of hydrogen-bond acceptors (Lipinski definition) is 7. The van der Waals surface area contributed by atoms with Crippen LogP contribution in [0.15, 0.2) is 57.7 Å². The smallest absolute Gasteiger partial charge is 0.327 e. The van der Waals surface area contributed by atoms with Gasteiger partial charge < -0.3 is 13.7 Å². The number of nitrogens with zero attached hydrogens (tertiary/aromatic N) is 2. The van der Waals surface area contributed by atoms with E-state index in [4.69, 9.17) is 13.7 Å². The highest BCUT2D eigenvalue weighted by molar-refractivity contribution is 7.92. The van der Waals surface area contributed by atoms with Gasteiger partial charge in [-0.1, -0.05) is 23.4 Å². The first-order valence-corrected chi connectivity index (χ1v) is 9.88. The van der Waals surface area contributed by atoms with E-state index < -0.39 is 22.5 Å². The molecule has 2 aromatic heterocycles. The molecule has 3 rings (SSSR count). The Morgan fingerprint density at radius 2 is 1.96 bits per heavy atom. The van der Waals surface area contributed by atoms with Gasteiger partial charge in [0.05, 0.1) is 18.2 Å². The molecule has 0 radical (unpaired) electrons. The molecular formula is C18H18N2O6S. The zero-order chi connectivity index (χ0) is 19.4. The number of para-hydroxylation sites is 1. The number of carbonyl (C=O) groups excluding carboxylic acids is 1. The van der Waals surface area contributed by atoms with Crippen molar-refractivity contribution in [2.24, 2.45) is 0 Å². The van der Waals surface area contributed by atoms with Crippen molar-refractivity contribution < 1.29 is 26.9 Å². The summed E-state index contributed by atoms with van der Waals surface area (Å²) in [4.78, 5) is 12.2.